The number of aromatic nitrogens is 2. The van der Waals surface area contributed by atoms with Gasteiger partial charge >= 0.3 is 0 Å². The molecule has 170 valence electrons. The first kappa shape index (κ1) is 23.6. The molecule has 2 N–H and O–H groups in total. The summed E-state index contributed by atoms with van der Waals surface area (Å²) < 4.78 is 1.53. The van der Waals surface area contributed by atoms with Crippen LogP contribution in [0.15, 0.2) is 39.4 Å². The van der Waals surface area contributed by atoms with E-state index in [1.54, 1.807) is 17.4 Å². The fourth-order valence-electron chi connectivity index (χ4n) is 3.99. The molecular weight excluding hydrogens is 476 g/mol. The number of nitriles is 1. The molecule has 1 atom stereocenters. The summed E-state index contributed by atoms with van der Waals surface area (Å²) in [6.45, 7) is 5.64. The van der Waals surface area contributed by atoms with E-state index >= 15 is 0 Å². The molecule has 0 aliphatic heterocycles. The molecule has 0 saturated carbocycles. The van der Waals surface area contributed by atoms with Crippen LogP contribution in [0, 0.1) is 24.2 Å². The molecule has 0 saturated heterocycles. The highest BCUT2D eigenvalue weighted by atomic mass is 35.5. The molecule has 33 heavy (non-hydrogen) atoms. The molecule has 2 heterocycles. The Morgan fingerprint density at radius 1 is 1.45 bits per heavy atom. The van der Waals surface area contributed by atoms with Gasteiger partial charge in [0.2, 0.25) is 0 Å². The van der Waals surface area contributed by atoms with Crippen LogP contribution in [0.2, 0.25) is 5.02 Å². The molecule has 6 nitrogen and oxygen atoms in total. The van der Waals surface area contributed by atoms with Crippen LogP contribution in [0.5, 0.6) is 0 Å². The summed E-state index contributed by atoms with van der Waals surface area (Å²) in [4.78, 5) is 33.1. The van der Waals surface area contributed by atoms with Crippen LogP contribution in [-0.2, 0) is 17.6 Å². The number of benzene rings is 1. The lowest BCUT2D eigenvalue weighted by Gasteiger charge is -2.18. The number of ketones is 1. The van der Waals surface area contributed by atoms with E-state index in [0.717, 1.165) is 42.2 Å². The molecule has 0 bridgehead atoms. The van der Waals surface area contributed by atoms with Gasteiger partial charge in [-0.15, -0.1) is 11.3 Å². The number of thioether (sulfide) groups is 1. The van der Waals surface area contributed by atoms with E-state index in [1.165, 1.54) is 16.4 Å². The van der Waals surface area contributed by atoms with Crippen molar-refractivity contribution in [2.24, 2.45) is 11.7 Å². The van der Waals surface area contributed by atoms with Crippen molar-refractivity contribution >= 4 is 50.7 Å². The zero-order valence-electron chi connectivity index (χ0n) is 18.6. The summed E-state index contributed by atoms with van der Waals surface area (Å²) >= 11 is 9.05. The second kappa shape index (κ2) is 9.34. The van der Waals surface area contributed by atoms with E-state index in [2.05, 4.69) is 6.92 Å². The Hall–Kier alpha value is -2.60. The van der Waals surface area contributed by atoms with Gasteiger partial charge in [-0.3, -0.25) is 14.2 Å². The summed E-state index contributed by atoms with van der Waals surface area (Å²) in [5.74, 6) is 0.118. The third-order valence-electron chi connectivity index (χ3n) is 5.83. The number of allylic oxidation sites excluding steroid dienone is 2. The summed E-state index contributed by atoms with van der Waals surface area (Å²) in [6.07, 6.45) is 2.85. The quantitative estimate of drug-likeness (QED) is 0.231. The van der Waals surface area contributed by atoms with Gasteiger partial charge in [0.05, 0.1) is 16.8 Å². The number of hydrogen-bond donors (Lipinski definition) is 1. The normalized spacial score (nSPS) is 16.3. The molecule has 2 aromatic heterocycles. The monoisotopic (exact) mass is 498 g/mol. The lowest BCUT2D eigenvalue weighted by molar-refractivity contribution is -0.112. The van der Waals surface area contributed by atoms with Gasteiger partial charge in [-0.1, -0.05) is 36.4 Å². The lowest BCUT2D eigenvalue weighted by Crippen LogP contribution is -2.23. The Bertz CT molecular complexity index is 1410. The number of carbonyl (C=O) groups excluding carboxylic acids is 1. The minimum Gasteiger partial charge on any atom is -0.401 e. The number of thiophene rings is 1. The van der Waals surface area contributed by atoms with Crippen molar-refractivity contribution in [1.29, 1.82) is 5.26 Å². The number of aryl methyl sites for hydroxylation is 2. The molecule has 0 spiro atoms. The Kier molecular flexibility index (Phi) is 6.66. The van der Waals surface area contributed by atoms with Crippen molar-refractivity contribution in [3.63, 3.8) is 0 Å². The predicted molar refractivity (Wildman–Crippen MR) is 134 cm³/mol. The zero-order valence-corrected chi connectivity index (χ0v) is 21.0. The van der Waals surface area contributed by atoms with E-state index in [0.29, 0.717) is 32.0 Å². The molecule has 3 aromatic rings. The van der Waals surface area contributed by atoms with Gasteiger partial charge in [-0.25, -0.2) is 4.98 Å². The first-order valence-electron chi connectivity index (χ1n) is 10.6. The Balaban J connectivity index is 1.88. The number of Topliss-reactive ketones (excluding diaryl/α,β-unsaturated/α-hetero) is 1. The van der Waals surface area contributed by atoms with E-state index < -0.39 is 5.78 Å². The van der Waals surface area contributed by atoms with Gasteiger partial charge in [0.15, 0.2) is 10.9 Å². The minimum absolute atomic E-state index is 0.0584. The SMILES string of the molecule is C/C(N)=C(/C#N)C(=O)CSc1nc2sc3c(c2c(=O)n1-c1ccc(C)c(Cl)c1)CCC(C)C3. The van der Waals surface area contributed by atoms with Crippen LogP contribution >= 0.6 is 34.7 Å². The van der Waals surface area contributed by atoms with Crippen molar-refractivity contribution in [3.8, 4) is 11.8 Å². The van der Waals surface area contributed by atoms with E-state index in [4.69, 9.17) is 22.3 Å². The number of hydrogen-bond acceptors (Lipinski definition) is 7. The van der Waals surface area contributed by atoms with E-state index in [9.17, 15) is 14.9 Å². The molecule has 0 fully saturated rings. The number of nitrogens with zero attached hydrogens (tertiary/aromatic N) is 3. The molecule has 1 unspecified atom stereocenters. The maximum absolute atomic E-state index is 13.8. The largest absolute Gasteiger partial charge is 0.401 e. The van der Waals surface area contributed by atoms with Gasteiger partial charge in [0.1, 0.15) is 16.5 Å². The summed E-state index contributed by atoms with van der Waals surface area (Å²) in [6, 6.07) is 7.28. The van der Waals surface area contributed by atoms with Crippen LogP contribution in [0.3, 0.4) is 0 Å². The summed E-state index contributed by atoms with van der Waals surface area (Å²) in [5.41, 5.74) is 8.21. The zero-order chi connectivity index (χ0) is 23.9. The van der Waals surface area contributed by atoms with Crippen LogP contribution < -0.4 is 11.3 Å². The average molecular weight is 499 g/mol. The second-order valence-electron chi connectivity index (χ2n) is 8.38. The maximum atomic E-state index is 13.8. The van der Waals surface area contributed by atoms with E-state index in [1.807, 2.05) is 25.1 Å². The van der Waals surface area contributed by atoms with Gasteiger partial charge < -0.3 is 5.73 Å². The lowest BCUT2D eigenvalue weighted by atomic mass is 9.89. The topological polar surface area (TPSA) is 102 Å². The first-order valence-corrected chi connectivity index (χ1v) is 12.8. The third-order valence-corrected chi connectivity index (χ3v) is 8.32. The fraction of sp³-hybridized carbons (Fsp3) is 0.333. The van der Waals surface area contributed by atoms with E-state index in [-0.39, 0.29) is 22.6 Å². The Labute approximate surface area is 205 Å². The molecule has 1 aromatic carbocycles. The van der Waals surface area contributed by atoms with Crippen molar-refractivity contribution in [2.45, 2.75) is 45.2 Å². The fourth-order valence-corrected chi connectivity index (χ4v) is 6.47. The Morgan fingerprint density at radius 2 is 2.21 bits per heavy atom. The summed E-state index contributed by atoms with van der Waals surface area (Å²) in [7, 11) is 0. The number of carbonyl (C=O) groups is 1. The Morgan fingerprint density at radius 3 is 2.88 bits per heavy atom. The highest BCUT2D eigenvalue weighted by Crippen LogP contribution is 2.37. The number of nitrogens with two attached hydrogens (primary N) is 1. The van der Waals surface area contributed by atoms with Gasteiger partial charge in [-0.05, 0) is 62.3 Å². The molecule has 9 heteroatoms. The molecule has 0 amide bonds. The van der Waals surface area contributed by atoms with Gasteiger partial charge in [0, 0.05) is 15.6 Å². The van der Waals surface area contributed by atoms with Crippen molar-refractivity contribution in [2.75, 3.05) is 5.75 Å². The van der Waals surface area contributed by atoms with Crippen LogP contribution in [-0.4, -0.2) is 21.1 Å². The van der Waals surface area contributed by atoms with Gasteiger partial charge in [-0.2, -0.15) is 5.26 Å². The van der Waals surface area contributed by atoms with Crippen molar-refractivity contribution < 1.29 is 4.79 Å². The van der Waals surface area contributed by atoms with Crippen LogP contribution in [0.1, 0.15) is 36.3 Å². The third kappa shape index (κ3) is 4.45. The summed E-state index contributed by atoms with van der Waals surface area (Å²) in [5, 5.41) is 10.8. The number of rotatable bonds is 5. The van der Waals surface area contributed by atoms with Crippen LogP contribution in [0.4, 0.5) is 0 Å². The van der Waals surface area contributed by atoms with Gasteiger partial charge in [0.25, 0.3) is 5.56 Å². The number of fused-ring (bicyclic) bond motifs is 3. The number of halogens is 1. The first-order chi connectivity index (χ1) is 15.7. The highest BCUT2D eigenvalue weighted by Gasteiger charge is 2.26. The standard InChI is InChI=1S/C24H23ClN4O2S2/c1-12-4-7-16-20(8-12)33-22-21(16)23(31)29(15-6-5-13(2)18(25)9-15)24(28-22)32-11-19(30)17(10-26)14(3)27/h5-6,9,12H,4,7-8,11,27H2,1-3H3/b17-14+. The predicted octanol–water partition coefficient (Wildman–Crippen LogP) is 4.95. The average Bonchev–Trinajstić information content (AvgIpc) is 3.12. The molecule has 4 rings (SSSR count). The van der Waals surface area contributed by atoms with Crippen molar-refractivity contribution in [3.05, 3.63) is 60.8 Å². The highest BCUT2D eigenvalue weighted by molar-refractivity contribution is 7.99. The minimum atomic E-state index is -0.398. The molecule has 1 aliphatic carbocycles. The molecule has 1 aliphatic rings. The van der Waals surface area contributed by atoms with Crippen LogP contribution in [0.25, 0.3) is 15.9 Å². The second-order valence-corrected chi connectivity index (χ2v) is 10.8. The molecule has 0 radical (unpaired) electrons. The maximum Gasteiger partial charge on any atom is 0.267 e. The van der Waals surface area contributed by atoms with Crippen molar-refractivity contribution in [1.82, 2.24) is 9.55 Å². The smallest absolute Gasteiger partial charge is 0.267 e. The molecular formula is C24H23ClN4O2S2.